The number of amides is 1. The number of aromatic nitrogens is 1. The van der Waals surface area contributed by atoms with Gasteiger partial charge in [0.05, 0.1) is 10.6 Å². The van der Waals surface area contributed by atoms with E-state index in [1.165, 1.54) is 12.1 Å². The van der Waals surface area contributed by atoms with Crippen LogP contribution in [0.15, 0.2) is 33.7 Å². The lowest BCUT2D eigenvalue weighted by atomic mass is 10.1. The molecule has 1 saturated heterocycles. The second-order valence-electron chi connectivity index (χ2n) is 6.09. The number of carbonyl (C=O) groups is 1. The quantitative estimate of drug-likeness (QED) is 0.847. The van der Waals surface area contributed by atoms with E-state index in [0.717, 1.165) is 23.4 Å². The van der Waals surface area contributed by atoms with E-state index in [0.29, 0.717) is 25.1 Å². The molecule has 1 fully saturated rings. The van der Waals surface area contributed by atoms with Crippen molar-refractivity contribution in [2.75, 3.05) is 18.0 Å². The molecule has 1 amide bonds. The van der Waals surface area contributed by atoms with E-state index < -0.39 is 10.0 Å². The Kier molecular flexibility index (Phi) is 4.91. The molecule has 3 rings (SSSR count). The molecule has 0 unspecified atom stereocenters. The summed E-state index contributed by atoms with van der Waals surface area (Å²) in [5.41, 5.74) is 2.43. The van der Waals surface area contributed by atoms with Crippen LogP contribution in [0.4, 0.5) is 5.69 Å². The maximum absolute atomic E-state index is 12.4. The Labute approximate surface area is 147 Å². The fraction of sp³-hybridized carbons (Fsp3) is 0.412. The molecule has 0 saturated carbocycles. The lowest BCUT2D eigenvalue weighted by Crippen LogP contribution is -2.26. The SMILES string of the molecule is Cc1noc(C)c1CCNS(=O)(=O)c1ccc(N2CCCC2=O)cc1. The standard InChI is InChI=1S/C17H21N3O4S/c1-12-16(13(2)24-19-12)9-10-18-25(22,23)15-7-5-14(6-8-15)20-11-3-4-17(20)21/h5-8,18H,3-4,9-11H2,1-2H3. The predicted octanol–water partition coefficient (Wildman–Crippen LogP) is 1.94. The minimum atomic E-state index is -3.60. The van der Waals surface area contributed by atoms with Crippen molar-refractivity contribution in [2.45, 2.75) is 38.0 Å². The number of aryl methyl sites for hydroxylation is 2. The number of nitrogens with zero attached hydrogens (tertiary/aromatic N) is 2. The summed E-state index contributed by atoms with van der Waals surface area (Å²) in [7, 11) is -3.60. The van der Waals surface area contributed by atoms with Crippen LogP contribution in [0.1, 0.15) is 29.9 Å². The Morgan fingerprint density at radius 3 is 2.52 bits per heavy atom. The Hall–Kier alpha value is -2.19. The van der Waals surface area contributed by atoms with E-state index >= 15 is 0 Å². The number of benzene rings is 1. The average Bonchev–Trinajstić information content (AvgIpc) is 3.15. The fourth-order valence-corrected chi connectivity index (χ4v) is 4.01. The van der Waals surface area contributed by atoms with Crippen molar-refractivity contribution in [3.63, 3.8) is 0 Å². The number of rotatable bonds is 6. The predicted molar refractivity (Wildman–Crippen MR) is 92.9 cm³/mol. The molecule has 1 aromatic carbocycles. The molecule has 0 aliphatic carbocycles. The zero-order chi connectivity index (χ0) is 18.0. The first-order valence-corrected chi connectivity index (χ1v) is 9.68. The fourth-order valence-electron chi connectivity index (χ4n) is 2.98. The lowest BCUT2D eigenvalue weighted by molar-refractivity contribution is -0.117. The first kappa shape index (κ1) is 17.6. The van der Waals surface area contributed by atoms with Crippen LogP contribution in [0.3, 0.4) is 0 Å². The third-order valence-corrected chi connectivity index (χ3v) is 5.86. The molecule has 134 valence electrons. The minimum Gasteiger partial charge on any atom is -0.361 e. The highest BCUT2D eigenvalue weighted by atomic mass is 32.2. The Morgan fingerprint density at radius 1 is 1.24 bits per heavy atom. The van der Waals surface area contributed by atoms with Gasteiger partial charge in [0.1, 0.15) is 5.76 Å². The smallest absolute Gasteiger partial charge is 0.240 e. The van der Waals surface area contributed by atoms with Gasteiger partial charge in [-0.05, 0) is 51.0 Å². The van der Waals surface area contributed by atoms with E-state index in [4.69, 9.17) is 4.52 Å². The summed E-state index contributed by atoms with van der Waals surface area (Å²) in [5.74, 6) is 0.782. The Balaban J connectivity index is 1.65. The number of hydrogen-bond donors (Lipinski definition) is 1. The summed E-state index contributed by atoms with van der Waals surface area (Å²) in [6, 6.07) is 6.40. The highest BCUT2D eigenvalue weighted by molar-refractivity contribution is 7.89. The second-order valence-corrected chi connectivity index (χ2v) is 7.86. The molecular formula is C17H21N3O4S. The van der Waals surface area contributed by atoms with Gasteiger partial charge < -0.3 is 9.42 Å². The van der Waals surface area contributed by atoms with Crippen molar-refractivity contribution in [3.05, 3.63) is 41.3 Å². The van der Waals surface area contributed by atoms with Gasteiger partial charge in [-0.15, -0.1) is 0 Å². The monoisotopic (exact) mass is 363 g/mol. The number of carbonyl (C=O) groups excluding carboxylic acids is 1. The second kappa shape index (κ2) is 6.97. The van der Waals surface area contributed by atoms with Gasteiger partial charge in [-0.3, -0.25) is 4.79 Å². The van der Waals surface area contributed by atoms with Gasteiger partial charge in [-0.25, -0.2) is 13.1 Å². The largest absolute Gasteiger partial charge is 0.361 e. The van der Waals surface area contributed by atoms with Gasteiger partial charge in [0.25, 0.3) is 0 Å². The molecule has 25 heavy (non-hydrogen) atoms. The number of anilines is 1. The van der Waals surface area contributed by atoms with Crippen molar-refractivity contribution >= 4 is 21.6 Å². The Morgan fingerprint density at radius 2 is 1.96 bits per heavy atom. The van der Waals surface area contributed by atoms with E-state index in [-0.39, 0.29) is 17.3 Å². The molecule has 7 nitrogen and oxygen atoms in total. The molecule has 1 aliphatic heterocycles. The molecule has 2 heterocycles. The number of hydrogen-bond acceptors (Lipinski definition) is 5. The number of nitrogens with one attached hydrogen (secondary N) is 1. The molecule has 1 aliphatic rings. The van der Waals surface area contributed by atoms with E-state index in [2.05, 4.69) is 9.88 Å². The zero-order valence-electron chi connectivity index (χ0n) is 14.3. The van der Waals surface area contributed by atoms with Crippen molar-refractivity contribution in [2.24, 2.45) is 0 Å². The van der Waals surface area contributed by atoms with Crippen LogP contribution in [0, 0.1) is 13.8 Å². The summed E-state index contributed by atoms with van der Waals surface area (Å²) >= 11 is 0. The maximum Gasteiger partial charge on any atom is 0.240 e. The van der Waals surface area contributed by atoms with E-state index in [9.17, 15) is 13.2 Å². The van der Waals surface area contributed by atoms with Crippen molar-refractivity contribution in [3.8, 4) is 0 Å². The molecular weight excluding hydrogens is 342 g/mol. The minimum absolute atomic E-state index is 0.0770. The van der Waals surface area contributed by atoms with E-state index in [1.807, 2.05) is 13.8 Å². The first-order valence-electron chi connectivity index (χ1n) is 8.20. The van der Waals surface area contributed by atoms with Crippen LogP contribution in [-0.2, 0) is 21.2 Å². The third-order valence-electron chi connectivity index (χ3n) is 4.38. The zero-order valence-corrected chi connectivity index (χ0v) is 15.1. The van der Waals surface area contributed by atoms with Crippen LogP contribution in [0.5, 0.6) is 0 Å². The maximum atomic E-state index is 12.4. The normalized spacial score (nSPS) is 15.1. The van der Waals surface area contributed by atoms with Gasteiger partial charge in [0, 0.05) is 30.8 Å². The van der Waals surface area contributed by atoms with Gasteiger partial charge >= 0.3 is 0 Å². The van der Waals surface area contributed by atoms with Gasteiger partial charge in [0.2, 0.25) is 15.9 Å². The van der Waals surface area contributed by atoms with Crippen LogP contribution >= 0.6 is 0 Å². The lowest BCUT2D eigenvalue weighted by Gasteiger charge is -2.16. The number of sulfonamides is 1. The van der Waals surface area contributed by atoms with Crippen LogP contribution < -0.4 is 9.62 Å². The highest BCUT2D eigenvalue weighted by Gasteiger charge is 2.22. The van der Waals surface area contributed by atoms with Crippen LogP contribution in [-0.4, -0.2) is 32.6 Å². The molecule has 0 radical (unpaired) electrons. The molecule has 0 spiro atoms. The van der Waals surface area contributed by atoms with Crippen LogP contribution in [0.2, 0.25) is 0 Å². The third kappa shape index (κ3) is 3.74. The molecule has 1 N–H and O–H groups in total. The first-order chi connectivity index (χ1) is 11.9. The molecule has 8 heteroatoms. The molecule has 1 aromatic heterocycles. The summed E-state index contributed by atoms with van der Waals surface area (Å²) < 4.78 is 32.5. The molecule has 0 atom stereocenters. The average molecular weight is 363 g/mol. The highest BCUT2D eigenvalue weighted by Crippen LogP contribution is 2.23. The van der Waals surface area contributed by atoms with E-state index in [1.54, 1.807) is 17.0 Å². The summed E-state index contributed by atoms with van der Waals surface area (Å²) in [6.45, 7) is 4.58. The Bertz CT molecular complexity index is 852. The molecule has 2 aromatic rings. The van der Waals surface area contributed by atoms with Gasteiger partial charge in [-0.2, -0.15) is 0 Å². The molecule has 0 bridgehead atoms. The van der Waals surface area contributed by atoms with Gasteiger partial charge in [-0.1, -0.05) is 5.16 Å². The topological polar surface area (TPSA) is 92.5 Å². The van der Waals surface area contributed by atoms with Crippen molar-refractivity contribution < 1.29 is 17.7 Å². The van der Waals surface area contributed by atoms with Crippen molar-refractivity contribution in [1.29, 1.82) is 0 Å². The summed E-state index contributed by atoms with van der Waals surface area (Å²) in [4.78, 5) is 13.6. The summed E-state index contributed by atoms with van der Waals surface area (Å²) in [6.07, 6.45) is 1.90. The van der Waals surface area contributed by atoms with Gasteiger partial charge in [0.15, 0.2) is 0 Å². The van der Waals surface area contributed by atoms with Crippen molar-refractivity contribution in [1.82, 2.24) is 9.88 Å². The summed E-state index contributed by atoms with van der Waals surface area (Å²) in [5, 5.41) is 3.86. The van der Waals surface area contributed by atoms with Crippen LogP contribution in [0.25, 0.3) is 0 Å².